The van der Waals surface area contributed by atoms with Crippen molar-refractivity contribution in [3.05, 3.63) is 35.4 Å². The Hall–Kier alpha value is -0.820. The highest BCUT2D eigenvalue weighted by Crippen LogP contribution is 2.10. The molecule has 132 valence electrons. The predicted molar refractivity (Wildman–Crippen MR) is 109 cm³/mol. The van der Waals surface area contributed by atoms with E-state index in [4.69, 9.17) is 4.74 Å². The van der Waals surface area contributed by atoms with Gasteiger partial charge < -0.3 is 15.4 Å². The Morgan fingerprint density at radius 3 is 2.48 bits per heavy atom. The van der Waals surface area contributed by atoms with Crippen molar-refractivity contribution in [2.24, 2.45) is 10.9 Å². The number of rotatable bonds is 9. The van der Waals surface area contributed by atoms with Crippen LogP contribution in [0.5, 0.6) is 0 Å². The number of guanidine groups is 1. The van der Waals surface area contributed by atoms with Gasteiger partial charge in [-0.2, -0.15) is 0 Å². The number of hydrogen-bond donors (Lipinski definition) is 2. The topological polar surface area (TPSA) is 45.6 Å². The Kier molecular flexibility index (Phi) is 13.1. The van der Waals surface area contributed by atoms with Crippen LogP contribution in [0, 0.1) is 5.92 Å². The second kappa shape index (κ2) is 13.6. The normalized spacial score (nSPS) is 11.3. The van der Waals surface area contributed by atoms with Crippen LogP contribution in [-0.2, 0) is 17.9 Å². The molecule has 0 saturated heterocycles. The van der Waals surface area contributed by atoms with Crippen molar-refractivity contribution in [2.75, 3.05) is 20.2 Å². The zero-order valence-electron chi connectivity index (χ0n) is 14.9. The molecule has 23 heavy (non-hydrogen) atoms. The van der Waals surface area contributed by atoms with Crippen LogP contribution in [0.15, 0.2) is 29.3 Å². The number of nitrogens with zero attached hydrogens (tertiary/aromatic N) is 1. The average molecular weight is 433 g/mol. The molecule has 0 amide bonds. The largest absolute Gasteiger partial charge is 0.377 e. The van der Waals surface area contributed by atoms with E-state index in [2.05, 4.69) is 60.7 Å². The SMILES string of the molecule is CCCOCc1ccccc1CNC(=NC)NCCC(C)C.I. The summed E-state index contributed by atoms with van der Waals surface area (Å²) in [7, 11) is 1.81. The van der Waals surface area contributed by atoms with Crippen molar-refractivity contribution in [3.8, 4) is 0 Å². The molecule has 0 fully saturated rings. The van der Waals surface area contributed by atoms with Gasteiger partial charge >= 0.3 is 0 Å². The van der Waals surface area contributed by atoms with Gasteiger partial charge in [0.05, 0.1) is 6.61 Å². The van der Waals surface area contributed by atoms with E-state index in [0.717, 1.165) is 38.5 Å². The lowest BCUT2D eigenvalue weighted by atomic mass is 10.1. The van der Waals surface area contributed by atoms with E-state index in [0.29, 0.717) is 12.5 Å². The van der Waals surface area contributed by atoms with E-state index in [1.807, 2.05) is 0 Å². The summed E-state index contributed by atoms with van der Waals surface area (Å²) in [4.78, 5) is 4.27. The van der Waals surface area contributed by atoms with Crippen LogP contribution in [0.25, 0.3) is 0 Å². The lowest BCUT2D eigenvalue weighted by Crippen LogP contribution is -2.37. The van der Waals surface area contributed by atoms with Gasteiger partial charge in [-0.15, -0.1) is 24.0 Å². The van der Waals surface area contributed by atoms with E-state index in [1.54, 1.807) is 7.05 Å². The Morgan fingerprint density at radius 1 is 1.17 bits per heavy atom. The second-order valence-electron chi connectivity index (χ2n) is 5.86. The monoisotopic (exact) mass is 433 g/mol. The van der Waals surface area contributed by atoms with Crippen LogP contribution in [0.1, 0.15) is 44.7 Å². The molecule has 4 nitrogen and oxygen atoms in total. The fourth-order valence-corrected chi connectivity index (χ4v) is 2.08. The van der Waals surface area contributed by atoms with Crippen molar-refractivity contribution in [1.29, 1.82) is 0 Å². The number of nitrogens with one attached hydrogen (secondary N) is 2. The first-order valence-electron chi connectivity index (χ1n) is 8.26. The molecule has 1 aromatic rings. The number of aliphatic imine (C=N–C) groups is 1. The molecule has 0 aromatic heterocycles. The number of benzene rings is 1. The lowest BCUT2D eigenvalue weighted by Gasteiger charge is -2.15. The van der Waals surface area contributed by atoms with Gasteiger partial charge in [0.25, 0.3) is 0 Å². The standard InChI is InChI=1S/C18H31N3O.HI/c1-5-12-22-14-17-9-7-6-8-16(17)13-21-18(19-4)20-11-10-15(2)3;/h6-9,15H,5,10-14H2,1-4H3,(H2,19,20,21);1H. The van der Waals surface area contributed by atoms with Gasteiger partial charge in [-0.05, 0) is 29.9 Å². The molecule has 0 atom stereocenters. The Labute approximate surface area is 158 Å². The minimum absolute atomic E-state index is 0. The van der Waals surface area contributed by atoms with Crippen LogP contribution in [-0.4, -0.2) is 26.2 Å². The van der Waals surface area contributed by atoms with Gasteiger partial charge in [0.2, 0.25) is 0 Å². The molecule has 0 aliphatic rings. The molecule has 0 heterocycles. The number of ether oxygens (including phenoxy) is 1. The third-order valence-electron chi connectivity index (χ3n) is 3.41. The molecule has 0 spiro atoms. The first kappa shape index (κ1) is 22.2. The number of hydrogen-bond acceptors (Lipinski definition) is 2. The van der Waals surface area contributed by atoms with E-state index in [1.165, 1.54) is 11.1 Å². The summed E-state index contributed by atoms with van der Waals surface area (Å²) in [6, 6.07) is 8.39. The Bertz CT molecular complexity index is 450. The van der Waals surface area contributed by atoms with Crippen molar-refractivity contribution in [1.82, 2.24) is 10.6 Å². The second-order valence-corrected chi connectivity index (χ2v) is 5.86. The van der Waals surface area contributed by atoms with Crippen LogP contribution < -0.4 is 10.6 Å². The summed E-state index contributed by atoms with van der Waals surface area (Å²) >= 11 is 0. The minimum atomic E-state index is 0. The van der Waals surface area contributed by atoms with Crippen molar-refractivity contribution < 1.29 is 4.74 Å². The maximum atomic E-state index is 5.66. The maximum absolute atomic E-state index is 5.66. The first-order chi connectivity index (χ1) is 10.7. The quantitative estimate of drug-likeness (QED) is 0.268. The fraction of sp³-hybridized carbons (Fsp3) is 0.611. The zero-order chi connectivity index (χ0) is 16.2. The molecular formula is C18H32IN3O. The van der Waals surface area contributed by atoms with Crippen molar-refractivity contribution in [2.45, 2.75) is 46.8 Å². The van der Waals surface area contributed by atoms with Gasteiger partial charge in [0.1, 0.15) is 0 Å². The van der Waals surface area contributed by atoms with E-state index >= 15 is 0 Å². The molecule has 0 aliphatic carbocycles. The van der Waals surface area contributed by atoms with Gasteiger partial charge in [-0.25, -0.2) is 0 Å². The molecule has 0 saturated carbocycles. The van der Waals surface area contributed by atoms with E-state index < -0.39 is 0 Å². The van der Waals surface area contributed by atoms with Crippen molar-refractivity contribution in [3.63, 3.8) is 0 Å². The molecule has 2 N–H and O–H groups in total. The van der Waals surface area contributed by atoms with Gasteiger partial charge in [-0.1, -0.05) is 45.0 Å². The van der Waals surface area contributed by atoms with Gasteiger partial charge in [-0.3, -0.25) is 4.99 Å². The highest BCUT2D eigenvalue weighted by molar-refractivity contribution is 14.0. The van der Waals surface area contributed by atoms with Crippen LogP contribution in [0.2, 0.25) is 0 Å². The molecule has 0 unspecified atom stereocenters. The van der Waals surface area contributed by atoms with Gasteiger partial charge in [0, 0.05) is 26.7 Å². The minimum Gasteiger partial charge on any atom is -0.377 e. The summed E-state index contributed by atoms with van der Waals surface area (Å²) in [6.07, 6.45) is 2.19. The summed E-state index contributed by atoms with van der Waals surface area (Å²) in [5, 5.41) is 6.72. The molecule has 5 heteroatoms. The van der Waals surface area contributed by atoms with Crippen LogP contribution >= 0.6 is 24.0 Å². The molecule has 0 bridgehead atoms. The van der Waals surface area contributed by atoms with Crippen molar-refractivity contribution >= 4 is 29.9 Å². The smallest absolute Gasteiger partial charge is 0.191 e. The maximum Gasteiger partial charge on any atom is 0.191 e. The summed E-state index contributed by atoms with van der Waals surface area (Å²) in [5.74, 6) is 1.55. The molecular weight excluding hydrogens is 401 g/mol. The third-order valence-corrected chi connectivity index (χ3v) is 3.41. The first-order valence-corrected chi connectivity index (χ1v) is 8.26. The lowest BCUT2D eigenvalue weighted by molar-refractivity contribution is 0.121. The van der Waals surface area contributed by atoms with Gasteiger partial charge in [0.15, 0.2) is 5.96 Å². The van der Waals surface area contributed by atoms with E-state index in [9.17, 15) is 0 Å². The summed E-state index contributed by atoms with van der Waals surface area (Å²) in [6.45, 7) is 9.76. The summed E-state index contributed by atoms with van der Waals surface area (Å²) < 4.78 is 5.66. The molecule has 1 rings (SSSR count). The Morgan fingerprint density at radius 2 is 1.87 bits per heavy atom. The molecule has 0 aliphatic heterocycles. The van der Waals surface area contributed by atoms with Crippen LogP contribution in [0.4, 0.5) is 0 Å². The average Bonchev–Trinajstić information content (AvgIpc) is 2.51. The Balaban J connectivity index is 0.00000484. The zero-order valence-corrected chi connectivity index (χ0v) is 17.2. The molecule has 0 radical (unpaired) electrons. The highest BCUT2D eigenvalue weighted by atomic mass is 127. The highest BCUT2D eigenvalue weighted by Gasteiger charge is 2.04. The van der Waals surface area contributed by atoms with E-state index in [-0.39, 0.29) is 24.0 Å². The third kappa shape index (κ3) is 9.81. The van der Waals surface area contributed by atoms with Crippen LogP contribution in [0.3, 0.4) is 0 Å². The molecule has 1 aromatic carbocycles. The fourth-order valence-electron chi connectivity index (χ4n) is 2.08. The predicted octanol–water partition coefficient (Wildman–Crippen LogP) is 3.94. The number of halogens is 1. The summed E-state index contributed by atoms with van der Waals surface area (Å²) in [5.41, 5.74) is 2.49.